The molecule has 5 nitrogen and oxygen atoms in total. The molecular weight excluding hydrogens is 230 g/mol. The van der Waals surface area contributed by atoms with E-state index in [0.29, 0.717) is 11.9 Å². The summed E-state index contributed by atoms with van der Waals surface area (Å²) >= 11 is 0. The summed E-state index contributed by atoms with van der Waals surface area (Å²) in [5, 5.41) is 0. The van der Waals surface area contributed by atoms with Crippen LogP contribution in [0.4, 0.5) is 0 Å². The minimum Gasteiger partial charge on any atom is -0.486 e. The van der Waals surface area contributed by atoms with Gasteiger partial charge in [0.1, 0.15) is 11.9 Å². The van der Waals surface area contributed by atoms with Crippen LogP contribution in [0.2, 0.25) is 0 Å². The third-order valence-corrected chi connectivity index (χ3v) is 3.27. The highest BCUT2D eigenvalue weighted by atomic mass is 16.5. The van der Waals surface area contributed by atoms with E-state index in [1.165, 1.54) is 0 Å². The summed E-state index contributed by atoms with van der Waals surface area (Å²) in [7, 11) is 1.59. The van der Waals surface area contributed by atoms with Crippen LogP contribution in [0.1, 0.15) is 13.8 Å². The lowest BCUT2D eigenvalue weighted by molar-refractivity contribution is 0.179. The van der Waals surface area contributed by atoms with E-state index in [1.807, 2.05) is 6.07 Å². The van der Waals surface area contributed by atoms with Crippen molar-refractivity contribution in [3.05, 3.63) is 18.3 Å². The van der Waals surface area contributed by atoms with Crippen LogP contribution < -0.4 is 15.2 Å². The van der Waals surface area contributed by atoms with Crippen molar-refractivity contribution in [3.8, 4) is 11.6 Å². The highest BCUT2D eigenvalue weighted by Gasteiger charge is 2.32. The van der Waals surface area contributed by atoms with Crippen molar-refractivity contribution in [1.29, 1.82) is 0 Å². The zero-order chi connectivity index (χ0) is 13.1. The first-order valence-electron chi connectivity index (χ1n) is 6.26. The van der Waals surface area contributed by atoms with Gasteiger partial charge < -0.3 is 15.2 Å². The second kappa shape index (κ2) is 5.54. The van der Waals surface area contributed by atoms with E-state index < -0.39 is 0 Å². The third kappa shape index (κ3) is 2.91. The fourth-order valence-electron chi connectivity index (χ4n) is 2.11. The van der Waals surface area contributed by atoms with Crippen LogP contribution in [0.3, 0.4) is 0 Å². The molecular formula is C13H21N3O2. The van der Waals surface area contributed by atoms with E-state index in [0.717, 1.165) is 18.8 Å². The Morgan fingerprint density at radius 3 is 2.67 bits per heavy atom. The van der Waals surface area contributed by atoms with Gasteiger partial charge in [-0.15, -0.1) is 0 Å². The summed E-state index contributed by atoms with van der Waals surface area (Å²) in [6.07, 6.45) is 1.70. The largest absolute Gasteiger partial charge is 0.486 e. The van der Waals surface area contributed by atoms with Gasteiger partial charge in [0.15, 0.2) is 0 Å². The molecule has 0 aliphatic carbocycles. The third-order valence-electron chi connectivity index (χ3n) is 3.27. The predicted molar refractivity (Wildman–Crippen MR) is 69.9 cm³/mol. The molecule has 1 aromatic heterocycles. The summed E-state index contributed by atoms with van der Waals surface area (Å²) in [5.74, 6) is 1.32. The van der Waals surface area contributed by atoms with Crippen LogP contribution >= 0.6 is 0 Å². The van der Waals surface area contributed by atoms with E-state index >= 15 is 0 Å². The van der Waals surface area contributed by atoms with Crippen LogP contribution in [-0.2, 0) is 0 Å². The quantitative estimate of drug-likeness (QED) is 0.861. The van der Waals surface area contributed by atoms with Crippen LogP contribution in [0.25, 0.3) is 0 Å². The maximum Gasteiger partial charge on any atom is 0.213 e. The lowest BCUT2D eigenvalue weighted by atomic mass is 10.2. The number of rotatable bonds is 4. The second-order valence-electron chi connectivity index (χ2n) is 4.90. The zero-order valence-electron chi connectivity index (χ0n) is 11.2. The average molecular weight is 251 g/mol. The molecule has 2 rings (SSSR count). The Morgan fingerprint density at radius 1 is 1.39 bits per heavy atom. The molecule has 1 aliphatic rings. The Balaban J connectivity index is 1.96. The summed E-state index contributed by atoms with van der Waals surface area (Å²) in [4.78, 5) is 6.44. The van der Waals surface area contributed by atoms with Crippen LogP contribution in [-0.4, -0.2) is 48.3 Å². The number of hydrogen-bond donors (Lipinski definition) is 1. The molecule has 1 fully saturated rings. The summed E-state index contributed by atoms with van der Waals surface area (Å²) in [6.45, 7) is 6.09. The smallest absolute Gasteiger partial charge is 0.213 e. The topological polar surface area (TPSA) is 60.6 Å². The fourth-order valence-corrected chi connectivity index (χ4v) is 2.11. The molecule has 0 aromatic carbocycles. The first kappa shape index (κ1) is 13.1. The van der Waals surface area contributed by atoms with Gasteiger partial charge in [0, 0.05) is 25.2 Å². The van der Waals surface area contributed by atoms with Crippen LogP contribution in [0.15, 0.2) is 18.3 Å². The van der Waals surface area contributed by atoms with Gasteiger partial charge in [-0.1, -0.05) is 0 Å². The van der Waals surface area contributed by atoms with Crippen molar-refractivity contribution >= 4 is 0 Å². The first-order chi connectivity index (χ1) is 8.60. The van der Waals surface area contributed by atoms with Crippen molar-refractivity contribution in [2.45, 2.75) is 32.0 Å². The minimum atomic E-state index is 0.0302. The molecule has 2 unspecified atom stereocenters. The molecule has 5 heteroatoms. The van der Waals surface area contributed by atoms with Gasteiger partial charge in [-0.3, -0.25) is 4.90 Å². The van der Waals surface area contributed by atoms with Crippen molar-refractivity contribution in [2.75, 3.05) is 20.2 Å². The summed E-state index contributed by atoms with van der Waals surface area (Å²) < 4.78 is 10.9. The molecule has 1 aliphatic heterocycles. The zero-order valence-corrected chi connectivity index (χ0v) is 11.2. The Labute approximate surface area is 108 Å². The fraction of sp³-hybridized carbons (Fsp3) is 0.615. The van der Waals surface area contributed by atoms with Crippen LogP contribution in [0, 0.1) is 0 Å². The maximum absolute atomic E-state index is 6.10. The standard InChI is InChI=1S/C13H21N3O2/c1-9(2)16-7-11(14)12(8-16)18-10-4-5-13(17-3)15-6-10/h4-6,9,11-12H,7-8,14H2,1-3H3. The van der Waals surface area contributed by atoms with E-state index in [-0.39, 0.29) is 12.1 Å². The van der Waals surface area contributed by atoms with E-state index in [4.69, 9.17) is 15.2 Å². The highest BCUT2D eigenvalue weighted by Crippen LogP contribution is 2.20. The summed E-state index contributed by atoms with van der Waals surface area (Å²) in [6, 6.07) is 4.19. The molecule has 1 aromatic rings. The molecule has 0 spiro atoms. The van der Waals surface area contributed by atoms with Gasteiger partial charge in [0.25, 0.3) is 0 Å². The molecule has 2 atom stereocenters. The number of aromatic nitrogens is 1. The van der Waals surface area contributed by atoms with Gasteiger partial charge in [0.05, 0.1) is 19.3 Å². The van der Waals surface area contributed by atoms with Gasteiger partial charge in [-0.2, -0.15) is 0 Å². The number of ether oxygens (including phenoxy) is 2. The Hall–Kier alpha value is -1.33. The van der Waals surface area contributed by atoms with Gasteiger partial charge >= 0.3 is 0 Å². The van der Waals surface area contributed by atoms with E-state index in [2.05, 4.69) is 23.7 Å². The summed E-state index contributed by atoms with van der Waals surface area (Å²) in [5.41, 5.74) is 6.10. The highest BCUT2D eigenvalue weighted by molar-refractivity contribution is 5.23. The van der Waals surface area contributed by atoms with Gasteiger partial charge in [0.2, 0.25) is 5.88 Å². The number of nitrogens with zero attached hydrogens (tertiary/aromatic N) is 2. The molecule has 18 heavy (non-hydrogen) atoms. The van der Waals surface area contributed by atoms with E-state index in [9.17, 15) is 0 Å². The van der Waals surface area contributed by atoms with Crippen molar-refractivity contribution < 1.29 is 9.47 Å². The molecule has 1 saturated heterocycles. The monoisotopic (exact) mass is 251 g/mol. The van der Waals surface area contributed by atoms with Crippen LogP contribution in [0.5, 0.6) is 11.6 Å². The second-order valence-corrected chi connectivity index (χ2v) is 4.90. The predicted octanol–water partition coefficient (Wildman–Crippen LogP) is 0.889. The Bertz CT molecular complexity index is 380. The molecule has 2 heterocycles. The number of likely N-dealkylation sites (tertiary alicyclic amines) is 1. The molecule has 0 amide bonds. The van der Waals surface area contributed by atoms with Crippen molar-refractivity contribution in [2.24, 2.45) is 5.73 Å². The molecule has 0 bridgehead atoms. The normalized spacial score (nSPS) is 24.5. The molecule has 0 radical (unpaired) electrons. The number of hydrogen-bond acceptors (Lipinski definition) is 5. The number of methoxy groups -OCH3 is 1. The minimum absolute atomic E-state index is 0.0302. The molecule has 0 saturated carbocycles. The van der Waals surface area contributed by atoms with Gasteiger partial charge in [-0.25, -0.2) is 4.98 Å². The van der Waals surface area contributed by atoms with Crippen molar-refractivity contribution in [3.63, 3.8) is 0 Å². The van der Waals surface area contributed by atoms with Gasteiger partial charge in [-0.05, 0) is 19.9 Å². The Morgan fingerprint density at radius 2 is 2.17 bits per heavy atom. The lowest BCUT2D eigenvalue weighted by Crippen LogP contribution is -2.37. The lowest BCUT2D eigenvalue weighted by Gasteiger charge is -2.20. The Kier molecular flexibility index (Phi) is 4.04. The number of nitrogens with two attached hydrogens (primary N) is 1. The average Bonchev–Trinajstić information content (AvgIpc) is 2.72. The first-order valence-corrected chi connectivity index (χ1v) is 6.26. The van der Waals surface area contributed by atoms with Crippen molar-refractivity contribution in [1.82, 2.24) is 9.88 Å². The SMILES string of the molecule is COc1ccc(OC2CN(C(C)C)CC2N)cn1. The number of pyridine rings is 1. The molecule has 2 N–H and O–H groups in total. The van der Waals surface area contributed by atoms with E-state index in [1.54, 1.807) is 19.4 Å². The maximum atomic E-state index is 6.10. The molecule has 100 valence electrons.